The molecule has 1 rings (SSSR count). The highest BCUT2D eigenvalue weighted by Crippen LogP contribution is 2.27. The highest BCUT2D eigenvalue weighted by molar-refractivity contribution is 6.33. The summed E-state index contributed by atoms with van der Waals surface area (Å²) in [5, 5.41) is 13.2. The van der Waals surface area contributed by atoms with E-state index in [9.17, 15) is 14.9 Å². The molecular formula is C12H16ClN3O3. The Morgan fingerprint density at radius 3 is 2.68 bits per heavy atom. The van der Waals surface area contributed by atoms with Gasteiger partial charge >= 0.3 is 0 Å². The molecule has 0 aromatic heterocycles. The zero-order valence-corrected chi connectivity index (χ0v) is 11.5. The zero-order chi connectivity index (χ0) is 14.6. The van der Waals surface area contributed by atoms with E-state index in [1.807, 2.05) is 13.8 Å². The molecular weight excluding hydrogens is 270 g/mol. The number of benzene rings is 1. The lowest BCUT2D eigenvalue weighted by Gasteiger charge is -2.17. The van der Waals surface area contributed by atoms with Gasteiger partial charge in [0.25, 0.3) is 5.69 Å². The van der Waals surface area contributed by atoms with Crippen LogP contribution in [0.2, 0.25) is 5.02 Å². The average Bonchev–Trinajstić information content (AvgIpc) is 2.36. The third-order valence-corrected chi connectivity index (χ3v) is 3.27. The SMILES string of the molecule is CCC(C)[C@H](N)C(=O)Nc1ccc([N+](=O)[O-])c(Cl)c1. The molecule has 2 atom stereocenters. The predicted molar refractivity (Wildman–Crippen MR) is 74.2 cm³/mol. The number of rotatable bonds is 5. The van der Waals surface area contributed by atoms with E-state index in [-0.39, 0.29) is 22.5 Å². The fraction of sp³-hybridized carbons (Fsp3) is 0.417. The second kappa shape index (κ2) is 6.49. The largest absolute Gasteiger partial charge is 0.325 e. The first-order chi connectivity index (χ1) is 8.86. The number of carbonyl (C=O) groups excluding carboxylic acids is 1. The zero-order valence-electron chi connectivity index (χ0n) is 10.7. The molecule has 1 aromatic rings. The van der Waals surface area contributed by atoms with E-state index in [1.165, 1.54) is 18.2 Å². The van der Waals surface area contributed by atoms with Crippen LogP contribution >= 0.6 is 11.6 Å². The van der Waals surface area contributed by atoms with Crippen molar-refractivity contribution in [2.75, 3.05) is 5.32 Å². The molecule has 0 spiro atoms. The Hall–Kier alpha value is -1.66. The van der Waals surface area contributed by atoms with Gasteiger partial charge in [0.05, 0.1) is 11.0 Å². The van der Waals surface area contributed by atoms with Crippen LogP contribution in [0.4, 0.5) is 11.4 Å². The van der Waals surface area contributed by atoms with E-state index in [1.54, 1.807) is 0 Å². The second-order valence-electron chi connectivity index (χ2n) is 4.32. The Kier molecular flexibility index (Phi) is 5.26. The van der Waals surface area contributed by atoms with E-state index >= 15 is 0 Å². The lowest BCUT2D eigenvalue weighted by molar-refractivity contribution is -0.384. The Bertz CT molecular complexity index is 493. The van der Waals surface area contributed by atoms with Crippen LogP contribution < -0.4 is 11.1 Å². The van der Waals surface area contributed by atoms with Crippen molar-refractivity contribution in [2.45, 2.75) is 26.3 Å². The number of hydrogen-bond donors (Lipinski definition) is 2. The Morgan fingerprint density at radius 1 is 1.58 bits per heavy atom. The summed E-state index contributed by atoms with van der Waals surface area (Å²) in [5.74, 6) is -0.284. The molecule has 1 unspecified atom stereocenters. The highest BCUT2D eigenvalue weighted by Gasteiger charge is 2.20. The monoisotopic (exact) mass is 285 g/mol. The maximum absolute atomic E-state index is 11.8. The lowest BCUT2D eigenvalue weighted by Crippen LogP contribution is -2.40. The van der Waals surface area contributed by atoms with Crippen molar-refractivity contribution in [1.29, 1.82) is 0 Å². The van der Waals surface area contributed by atoms with Gasteiger partial charge in [0.1, 0.15) is 5.02 Å². The molecule has 0 saturated heterocycles. The summed E-state index contributed by atoms with van der Waals surface area (Å²) in [5.41, 5.74) is 5.97. The summed E-state index contributed by atoms with van der Waals surface area (Å²) >= 11 is 5.75. The fourth-order valence-electron chi connectivity index (χ4n) is 1.47. The number of carbonyl (C=O) groups is 1. The number of nitrogens with two attached hydrogens (primary N) is 1. The van der Waals surface area contributed by atoms with E-state index in [2.05, 4.69) is 5.32 Å². The van der Waals surface area contributed by atoms with Crippen LogP contribution in [0.3, 0.4) is 0 Å². The lowest BCUT2D eigenvalue weighted by atomic mass is 9.99. The van der Waals surface area contributed by atoms with Gasteiger partial charge in [-0.15, -0.1) is 0 Å². The van der Waals surface area contributed by atoms with Gasteiger partial charge < -0.3 is 11.1 Å². The molecule has 104 valence electrons. The van der Waals surface area contributed by atoms with E-state index < -0.39 is 11.0 Å². The van der Waals surface area contributed by atoms with E-state index in [0.29, 0.717) is 5.69 Å². The molecule has 0 fully saturated rings. The summed E-state index contributed by atoms with van der Waals surface area (Å²) < 4.78 is 0. The van der Waals surface area contributed by atoms with Crippen LogP contribution in [-0.2, 0) is 4.79 Å². The molecule has 6 nitrogen and oxygen atoms in total. The maximum Gasteiger partial charge on any atom is 0.288 e. The normalized spacial score (nSPS) is 13.7. The molecule has 3 N–H and O–H groups in total. The van der Waals surface area contributed by atoms with Crippen LogP contribution in [0.25, 0.3) is 0 Å². The second-order valence-corrected chi connectivity index (χ2v) is 4.73. The minimum Gasteiger partial charge on any atom is -0.325 e. The highest BCUT2D eigenvalue weighted by atomic mass is 35.5. The Morgan fingerprint density at radius 2 is 2.21 bits per heavy atom. The maximum atomic E-state index is 11.8. The number of amides is 1. The van der Waals surface area contributed by atoms with Crippen LogP contribution in [0.15, 0.2) is 18.2 Å². The third kappa shape index (κ3) is 3.90. The molecule has 0 saturated carbocycles. The van der Waals surface area contributed by atoms with E-state index in [4.69, 9.17) is 17.3 Å². The first-order valence-electron chi connectivity index (χ1n) is 5.87. The molecule has 7 heteroatoms. The summed E-state index contributed by atoms with van der Waals surface area (Å²) in [6, 6.07) is 3.37. The summed E-state index contributed by atoms with van der Waals surface area (Å²) in [6.45, 7) is 3.83. The molecule has 1 amide bonds. The third-order valence-electron chi connectivity index (χ3n) is 2.97. The van der Waals surface area contributed by atoms with Crippen LogP contribution in [0.1, 0.15) is 20.3 Å². The topological polar surface area (TPSA) is 98.3 Å². The molecule has 0 heterocycles. The van der Waals surface area contributed by atoms with Gasteiger partial charge in [0.2, 0.25) is 5.91 Å². The van der Waals surface area contributed by atoms with Gasteiger partial charge in [-0.25, -0.2) is 0 Å². The van der Waals surface area contributed by atoms with Gasteiger partial charge in [-0.05, 0) is 18.1 Å². The van der Waals surface area contributed by atoms with Crippen molar-refractivity contribution in [3.05, 3.63) is 33.3 Å². The minimum atomic E-state index is -0.626. The minimum absolute atomic E-state index is 0.0279. The van der Waals surface area contributed by atoms with Crippen molar-refractivity contribution >= 4 is 28.9 Å². The predicted octanol–water partition coefficient (Wildman–Crippen LogP) is 2.56. The average molecular weight is 286 g/mol. The molecule has 0 aliphatic carbocycles. The van der Waals surface area contributed by atoms with Crippen LogP contribution in [0.5, 0.6) is 0 Å². The van der Waals surface area contributed by atoms with Crippen LogP contribution in [0, 0.1) is 16.0 Å². The van der Waals surface area contributed by atoms with Crippen molar-refractivity contribution in [3.63, 3.8) is 0 Å². The number of hydrogen-bond acceptors (Lipinski definition) is 4. The van der Waals surface area contributed by atoms with Gasteiger partial charge in [0.15, 0.2) is 0 Å². The fourth-order valence-corrected chi connectivity index (χ4v) is 1.72. The van der Waals surface area contributed by atoms with Gasteiger partial charge in [-0.1, -0.05) is 31.9 Å². The van der Waals surface area contributed by atoms with Gasteiger partial charge in [0, 0.05) is 11.8 Å². The number of nitro benzene ring substituents is 1. The Labute approximate surface area is 116 Å². The Balaban J connectivity index is 2.81. The first kappa shape index (κ1) is 15.4. The first-order valence-corrected chi connectivity index (χ1v) is 6.25. The van der Waals surface area contributed by atoms with Crippen molar-refractivity contribution in [3.8, 4) is 0 Å². The summed E-state index contributed by atoms with van der Waals surface area (Å²) in [7, 11) is 0. The molecule has 0 aliphatic rings. The number of nitrogens with one attached hydrogen (secondary N) is 1. The summed E-state index contributed by atoms with van der Waals surface area (Å²) in [4.78, 5) is 21.9. The molecule has 19 heavy (non-hydrogen) atoms. The number of halogens is 1. The van der Waals surface area contributed by atoms with Gasteiger partial charge in [-0.3, -0.25) is 14.9 Å². The smallest absolute Gasteiger partial charge is 0.288 e. The van der Waals surface area contributed by atoms with E-state index in [0.717, 1.165) is 6.42 Å². The van der Waals surface area contributed by atoms with Crippen LogP contribution in [-0.4, -0.2) is 16.9 Å². The van der Waals surface area contributed by atoms with Crippen molar-refractivity contribution in [1.82, 2.24) is 0 Å². The molecule has 0 radical (unpaired) electrons. The summed E-state index contributed by atoms with van der Waals surface area (Å²) in [6.07, 6.45) is 0.787. The quantitative estimate of drug-likeness (QED) is 0.641. The van der Waals surface area contributed by atoms with Crippen molar-refractivity contribution < 1.29 is 9.72 Å². The molecule has 0 bridgehead atoms. The standard InChI is InChI=1S/C12H16ClN3O3/c1-3-7(2)11(14)12(17)15-8-4-5-10(16(18)19)9(13)6-8/h4-7,11H,3,14H2,1-2H3,(H,15,17)/t7?,11-/m0/s1. The number of nitrogens with zero attached hydrogens (tertiary/aromatic N) is 1. The number of nitro groups is 1. The number of anilines is 1. The van der Waals surface area contributed by atoms with Gasteiger partial charge in [-0.2, -0.15) is 0 Å². The molecule has 0 aliphatic heterocycles. The molecule has 1 aromatic carbocycles. The van der Waals surface area contributed by atoms with Crippen molar-refractivity contribution in [2.24, 2.45) is 11.7 Å².